The second-order valence-electron chi connectivity index (χ2n) is 2.82. The number of halogens is 1. The molecule has 0 amide bonds. The van der Waals surface area contributed by atoms with Crippen LogP contribution in [-0.4, -0.2) is 18.0 Å². The number of aromatic amines is 1. The second kappa shape index (κ2) is 3.08. The topological polar surface area (TPSA) is 70.2 Å². The Bertz CT molecular complexity index is 588. The predicted octanol–water partition coefficient (Wildman–Crippen LogP) is 2.18. The Morgan fingerprint density at radius 3 is 2.71 bits per heavy atom. The molecule has 6 heteroatoms. The van der Waals surface area contributed by atoms with Gasteiger partial charge in [-0.15, -0.1) is 0 Å². The number of hydrogen-bond donors (Lipinski definition) is 2. The van der Waals surface area contributed by atoms with Crippen molar-refractivity contribution in [3.63, 3.8) is 0 Å². The van der Waals surface area contributed by atoms with Crippen LogP contribution in [0.5, 0.6) is 0 Å². The average Bonchev–Trinajstić information content (AvgIpc) is 2.50. The molecule has 0 aliphatic rings. The molecular formula is C8H6BrNO3S. The van der Waals surface area contributed by atoms with Crippen molar-refractivity contribution < 1.29 is 13.0 Å². The van der Waals surface area contributed by atoms with E-state index in [1.54, 1.807) is 6.20 Å². The standard InChI is InChI=1S/C8H6BrNO3S/c9-7-3-5(14(11,12)13)4-8-6(7)1-2-10-8/h1-4,10H,(H,11,12,13). The van der Waals surface area contributed by atoms with Gasteiger partial charge in [0.2, 0.25) is 0 Å². The van der Waals surface area contributed by atoms with Gasteiger partial charge in [-0.25, -0.2) is 0 Å². The molecule has 1 aromatic heterocycles. The van der Waals surface area contributed by atoms with Crippen LogP contribution in [0, 0.1) is 0 Å². The fourth-order valence-electron chi connectivity index (χ4n) is 1.25. The molecule has 74 valence electrons. The maximum Gasteiger partial charge on any atom is 0.294 e. The van der Waals surface area contributed by atoms with E-state index in [2.05, 4.69) is 20.9 Å². The van der Waals surface area contributed by atoms with Crippen molar-refractivity contribution in [3.8, 4) is 0 Å². The third-order valence-electron chi connectivity index (χ3n) is 1.89. The van der Waals surface area contributed by atoms with Crippen molar-refractivity contribution in [1.29, 1.82) is 0 Å². The van der Waals surface area contributed by atoms with E-state index in [4.69, 9.17) is 4.55 Å². The smallest absolute Gasteiger partial charge is 0.294 e. The van der Waals surface area contributed by atoms with Gasteiger partial charge in [0.05, 0.1) is 4.90 Å². The molecule has 0 aliphatic carbocycles. The van der Waals surface area contributed by atoms with E-state index < -0.39 is 10.1 Å². The van der Waals surface area contributed by atoms with E-state index in [-0.39, 0.29) is 4.90 Å². The van der Waals surface area contributed by atoms with Crippen LogP contribution in [-0.2, 0) is 10.1 Å². The van der Waals surface area contributed by atoms with Gasteiger partial charge in [-0.1, -0.05) is 15.9 Å². The average molecular weight is 276 g/mol. The van der Waals surface area contributed by atoms with Gasteiger partial charge in [-0.05, 0) is 18.2 Å². The Morgan fingerprint density at radius 2 is 2.07 bits per heavy atom. The van der Waals surface area contributed by atoms with Crippen molar-refractivity contribution in [3.05, 3.63) is 28.9 Å². The molecule has 2 aromatic rings. The third-order valence-corrected chi connectivity index (χ3v) is 3.38. The number of rotatable bonds is 1. The van der Waals surface area contributed by atoms with Crippen LogP contribution in [0.1, 0.15) is 0 Å². The Balaban J connectivity index is 2.83. The SMILES string of the molecule is O=S(=O)(O)c1cc(Br)c2cc[nH]c2c1. The van der Waals surface area contributed by atoms with Crippen LogP contribution in [0.4, 0.5) is 0 Å². The first-order valence-corrected chi connectivity index (χ1v) is 5.96. The molecule has 0 radical (unpaired) electrons. The first-order valence-electron chi connectivity index (χ1n) is 3.72. The zero-order valence-corrected chi connectivity index (χ0v) is 9.26. The summed E-state index contributed by atoms with van der Waals surface area (Å²) in [5.74, 6) is 0. The lowest BCUT2D eigenvalue weighted by atomic mass is 10.2. The van der Waals surface area contributed by atoms with Gasteiger partial charge < -0.3 is 4.98 Å². The first kappa shape index (κ1) is 9.70. The predicted molar refractivity (Wildman–Crippen MR) is 55.8 cm³/mol. The third kappa shape index (κ3) is 1.56. The summed E-state index contributed by atoms with van der Waals surface area (Å²) >= 11 is 3.22. The van der Waals surface area contributed by atoms with Gasteiger partial charge in [0.25, 0.3) is 10.1 Å². The molecule has 0 aliphatic heterocycles. The van der Waals surface area contributed by atoms with Crippen molar-refractivity contribution in [2.24, 2.45) is 0 Å². The number of fused-ring (bicyclic) bond motifs is 1. The number of nitrogens with one attached hydrogen (secondary N) is 1. The van der Waals surface area contributed by atoms with E-state index in [9.17, 15) is 8.42 Å². The first-order chi connectivity index (χ1) is 6.48. The monoisotopic (exact) mass is 275 g/mol. The van der Waals surface area contributed by atoms with E-state index in [0.29, 0.717) is 9.99 Å². The highest BCUT2D eigenvalue weighted by atomic mass is 79.9. The number of benzene rings is 1. The van der Waals surface area contributed by atoms with Gasteiger partial charge in [0, 0.05) is 21.6 Å². The number of hydrogen-bond acceptors (Lipinski definition) is 2. The summed E-state index contributed by atoms with van der Waals surface area (Å²) in [6, 6.07) is 4.56. The summed E-state index contributed by atoms with van der Waals surface area (Å²) in [5.41, 5.74) is 0.659. The maximum absolute atomic E-state index is 10.9. The van der Waals surface area contributed by atoms with Gasteiger partial charge in [0.1, 0.15) is 0 Å². The van der Waals surface area contributed by atoms with Crippen LogP contribution in [0.25, 0.3) is 10.9 Å². The van der Waals surface area contributed by atoms with Gasteiger partial charge in [-0.3, -0.25) is 4.55 Å². The molecule has 0 unspecified atom stereocenters. The summed E-state index contributed by atoms with van der Waals surface area (Å²) in [4.78, 5) is 2.74. The zero-order chi connectivity index (χ0) is 10.3. The zero-order valence-electron chi connectivity index (χ0n) is 6.86. The van der Waals surface area contributed by atoms with Crippen LogP contribution < -0.4 is 0 Å². The van der Waals surface area contributed by atoms with Crippen LogP contribution in [0.2, 0.25) is 0 Å². The normalized spacial score (nSPS) is 12.1. The molecule has 0 spiro atoms. The van der Waals surface area contributed by atoms with Crippen molar-refractivity contribution in [1.82, 2.24) is 4.98 Å². The minimum absolute atomic E-state index is 0.126. The van der Waals surface area contributed by atoms with E-state index in [1.165, 1.54) is 12.1 Å². The summed E-state index contributed by atoms with van der Waals surface area (Å²) in [6.45, 7) is 0. The molecule has 0 saturated carbocycles. The summed E-state index contributed by atoms with van der Waals surface area (Å²) in [7, 11) is -4.14. The minimum Gasteiger partial charge on any atom is -0.361 e. The Kier molecular flexibility index (Phi) is 2.13. The molecule has 14 heavy (non-hydrogen) atoms. The maximum atomic E-state index is 10.9. The number of H-pyrrole nitrogens is 1. The Labute approximate surface area is 88.8 Å². The lowest BCUT2D eigenvalue weighted by Gasteiger charge is -1.99. The van der Waals surface area contributed by atoms with E-state index in [0.717, 1.165) is 5.39 Å². The molecule has 0 atom stereocenters. The highest BCUT2D eigenvalue weighted by Crippen LogP contribution is 2.26. The Morgan fingerprint density at radius 1 is 1.36 bits per heavy atom. The highest BCUT2D eigenvalue weighted by Gasteiger charge is 2.12. The van der Waals surface area contributed by atoms with Crippen LogP contribution in [0.15, 0.2) is 33.8 Å². The second-order valence-corrected chi connectivity index (χ2v) is 5.09. The van der Waals surface area contributed by atoms with Crippen LogP contribution in [0.3, 0.4) is 0 Å². The van der Waals surface area contributed by atoms with Crippen molar-refractivity contribution >= 4 is 37.0 Å². The van der Waals surface area contributed by atoms with E-state index in [1.807, 2.05) is 6.07 Å². The van der Waals surface area contributed by atoms with Gasteiger partial charge >= 0.3 is 0 Å². The van der Waals surface area contributed by atoms with Gasteiger partial charge in [-0.2, -0.15) is 8.42 Å². The lowest BCUT2D eigenvalue weighted by Crippen LogP contribution is -1.97. The molecule has 1 heterocycles. The summed E-state index contributed by atoms with van der Waals surface area (Å²) in [5, 5.41) is 0.873. The molecule has 1 aromatic carbocycles. The summed E-state index contributed by atoms with van der Waals surface area (Å²) in [6.07, 6.45) is 1.70. The molecule has 2 N–H and O–H groups in total. The number of aromatic nitrogens is 1. The van der Waals surface area contributed by atoms with E-state index >= 15 is 0 Å². The quantitative estimate of drug-likeness (QED) is 0.784. The molecule has 2 rings (SSSR count). The Hall–Kier alpha value is -0.850. The van der Waals surface area contributed by atoms with Crippen LogP contribution >= 0.6 is 15.9 Å². The van der Waals surface area contributed by atoms with Crippen molar-refractivity contribution in [2.45, 2.75) is 4.90 Å². The van der Waals surface area contributed by atoms with Crippen molar-refractivity contribution in [2.75, 3.05) is 0 Å². The minimum atomic E-state index is -4.14. The largest absolute Gasteiger partial charge is 0.361 e. The van der Waals surface area contributed by atoms with Gasteiger partial charge in [0.15, 0.2) is 0 Å². The highest BCUT2D eigenvalue weighted by molar-refractivity contribution is 9.10. The molecule has 0 bridgehead atoms. The molecule has 0 saturated heterocycles. The molecular weight excluding hydrogens is 270 g/mol. The lowest BCUT2D eigenvalue weighted by molar-refractivity contribution is 0.483. The molecule has 4 nitrogen and oxygen atoms in total. The fraction of sp³-hybridized carbons (Fsp3) is 0. The fourth-order valence-corrected chi connectivity index (χ4v) is 2.52. The summed E-state index contributed by atoms with van der Waals surface area (Å²) < 4.78 is 31.2. The molecule has 0 fully saturated rings.